The van der Waals surface area contributed by atoms with Gasteiger partial charge in [0, 0.05) is 34.9 Å². The van der Waals surface area contributed by atoms with E-state index in [4.69, 9.17) is 21.1 Å². The number of hydrogen-bond donors (Lipinski definition) is 2. The van der Waals surface area contributed by atoms with Crippen LogP contribution in [0.1, 0.15) is 57.2 Å². The first kappa shape index (κ1) is 26.8. The molecule has 2 aromatic rings. The standard InChI is InChI=1S/C31H38ClN3O5/c1-17-21-13-22(36)25-30-11-4-10-29(2,3)23(30)14-24(31(25,26(17)37)27(21)38)40-28(30)39-12-9-20-16-35(34-33-20)15-18-5-7-19(32)8-6-18/h5-8,16,21-25,27-28,36,38H,1,4,9-15H2,2-3H3/t21-,22-,23+,24+,25-,27+,28-,30-,31+/m0/s1. The van der Waals surface area contributed by atoms with Crippen molar-refractivity contribution >= 4 is 17.4 Å². The molecule has 1 aromatic carbocycles. The van der Waals surface area contributed by atoms with E-state index in [1.165, 1.54) is 0 Å². The van der Waals surface area contributed by atoms with Gasteiger partial charge < -0.3 is 19.7 Å². The lowest BCUT2D eigenvalue weighted by Crippen LogP contribution is -2.78. The zero-order valence-corrected chi connectivity index (χ0v) is 23.9. The number of fused-ring (bicyclic) bond motifs is 2. The van der Waals surface area contributed by atoms with E-state index in [9.17, 15) is 15.0 Å². The van der Waals surface area contributed by atoms with Crippen molar-refractivity contribution in [3.63, 3.8) is 0 Å². The molecular weight excluding hydrogens is 530 g/mol. The minimum atomic E-state index is -1.13. The van der Waals surface area contributed by atoms with Crippen LogP contribution >= 0.6 is 11.6 Å². The molecule has 1 aromatic heterocycles. The molecule has 2 N–H and O–H groups in total. The molecule has 2 saturated heterocycles. The van der Waals surface area contributed by atoms with Gasteiger partial charge in [0.15, 0.2) is 12.1 Å². The zero-order chi connectivity index (χ0) is 28.0. The molecule has 4 aliphatic carbocycles. The van der Waals surface area contributed by atoms with Gasteiger partial charge in [-0.2, -0.15) is 0 Å². The van der Waals surface area contributed by atoms with Crippen molar-refractivity contribution in [1.82, 2.24) is 15.0 Å². The fraction of sp³-hybridized carbons (Fsp3) is 0.645. The Morgan fingerprint density at radius 3 is 2.75 bits per heavy atom. The van der Waals surface area contributed by atoms with Crippen molar-refractivity contribution in [3.8, 4) is 0 Å². The maximum atomic E-state index is 13.9. The Labute approximate surface area is 239 Å². The number of benzene rings is 1. The molecular formula is C31H38ClN3O5. The summed E-state index contributed by atoms with van der Waals surface area (Å²) in [5.41, 5.74) is 0.674. The molecule has 40 heavy (non-hydrogen) atoms. The smallest absolute Gasteiger partial charge is 0.170 e. The topological polar surface area (TPSA) is 107 Å². The van der Waals surface area contributed by atoms with E-state index in [0.29, 0.717) is 43.0 Å². The number of ketones is 1. The van der Waals surface area contributed by atoms with Crippen molar-refractivity contribution < 1.29 is 24.5 Å². The molecule has 8 rings (SSSR count). The van der Waals surface area contributed by atoms with E-state index in [1.807, 2.05) is 30.5 Å². The summed E-state index contributed by atoms with van der Waals surface area (Å²) in [5, 5.41) is 32.6. The van der Waals surface area contributed by atoms with E-state index in [0.717, 1.165) is 30.5 Å². The summed E-state index contributed by atoms with van der Waals surface area (Å²) in [6, 6.07) is 7.67. The molecule has 4 bridgehead atoms. The molecule has 214 valence electrons. The van der Waals surface area contributed by atoms with Gasteiger partial charge in [0.05, 0.1) is 42.6 Å². The minimum absolute atomic E-state index is 0.00798. The maximum Gasteiger partial charge on any atom is 0.170 e. The summed E-state index contributed by atoms with van der Waals surface area (Å²) >= 11 is 6.00. The second kappa shape index (κ2) is 9.20. The minimum Gasteiger partial charge on any atom is -0.393 e. The van der Waals surface area contributed by atoms with Crippen LogP contribution in [0.5, 0.6) is 0 Å². The molecule has 2 spiro atoms. The number of aliphatic hydroxyl groups is 2. The average molecular weight is 568 g/mol. The zero-order valence-electron chi connectivity index (χ0n) is 23.1. The Morgan fingerprint density at radius 2 is 1.98 bits per heavy atom. The third kappa shape index (κ3) is 3.56. The predicted molar refractivity (Wildman–Crippen MR) is 147 cm³/mol. The molecule has 0 amide bonds. The summed E-state index contributed by atoms with van der Waals surface area (Å²) in [4.78, 5) is 13.9. The largest absolute Gasteiger partial charge is 0.393 e. The van der Waals surface area contributed by atoms with Crippen molar-refractivity contribution in [1.29, 1.82) is 0 Å². The van der Waals surface area contributed by atoms with Gasteiger partial charge in [0.1, 0.15) is 0 Å². The number of aliphatic hydroxyl groups excluding tert-OH is 2. The first-order valence-corrected chi connectivity index (χ1v) is 15.0. The number of nitrogens with zero attached hydrogens (tertiary/aromatic N) is 3. The first-order valence-electron chi connectivity index (χ1n) is 14.6. The van der Waals surface area contributed by atoms with Crippen molar-refractivity contribution in [2.75, 3.05) is 6.61 Å². The highest BCUT2D eigenvalue weighted by Gasteiger charge is 2.81. The normalized spacial score (nSPS) is 41.2. The van der Waals surface area contributed by atoms with Gasteiger partial charge in [-0.1, -0.05) is 55.8 Å². The van der Waals surface area contributed by atoms with Gasteiger partial charge in [0.25, 0.3) is 0 Å². The third-order valence-corrected chi connectivity index (χ3v) is 11.4. The lowest BCUT2D eigenvalue weighted by atomic mass is 9.37. The average Bonchev–Trinajstić information content (AvgIpc) is 3.40. The third-order valence-electron chi connectivity index (χ3n) is 11.2. The molecule has 6 aliphatic rings. The summed E-state index contributed by atoms with van der Waals surface area (Å²) in [6.07, 6.45) is 3.74. The number of hydrogen-bond acceptors (Lipinski definition) is 7. The van der Waals surface area contributed by atoms with E-state index >= 15 is 0 Å². The molecule has 9 heteroatoms. The van der Waals surface area contributed by atoms with Crippen LogP contribution in [0.25, 0.3) is 0 Å². The maximum absolute atomic E-state index is 13.9. The van der Waals surface area contributed by atoms with Crippen molar-refractivity contribution in [3.05, 3.63) is 58.9 Å². The monoisotopic (exact) mass is 567 g/mol. The molecule has 6 fully saturated rings. The molecule has 0 radical (unpaired) electrons. The van der Waals surface area contributed by atoms with Gasteiger partial charge >= 0.3 is 0 Å². The van der Waals surface area contributed by atoms with E-state index in [2.05, 4.69) is 30.7 Å². The first-order chi connectivity index (χ1) is 19.1. The van der Waals surface area contributed by atoms with Crippen LogP contribution in [-0.4, -0.2) is 62.2 Å². The fourth-order valence-electron chi connectivity index (χ4n) is 9.65. The predicted octanol–water partition coefficient (Wildman–Crippen LogP) is 3.96. The Bertz CT molecular complexity index is 1340. The number of aromatic nitrogens is 3. The highest BCUT2D eigenvalue weighted by atomic mass is 35.5. The Kier molecular flexibility index (Phi) is 6.16. The van der Waals surface area contributed by atoms with Gasteiger partial charge in [-0.3, -0.25) is 4.79 Å². The lowest BCUT2D eigenvalue weighted by molar-refractivity contribution is -0.401. The summed E-state index contributed by atoms with van der Waals surface area (Å²) in [5.74, 6) is -0.703. The van der Waals surface area contributed by atoms with Gasteiger partial charge in [-0.15, -0.1) is 5.10 Å². The van der Waals surface area contributed by atoms with Crippen LogP contribution in [0.3, 0.4) is 0 Å². The number of rotatable bonds is 6. The second-order valence-corrected chi connectivity index (χ2v) is 13.9. The highest BCUT2D eigenvalue weighted by molar-refractivity contribution is 6.30. The molecule has 8 nitrogen and oxygen atoms in total. The Balaban J connectivity index is 1.14. The van der Waals surface area contributed by atoms with Gasteiger partial charge in [-0.25, -0.2) is 4.68 Å². The number of halogens is 1. The Morgan fingerprint density at radius 1 is 1.20 bits per heavy atom. The fourth-order valence-corrected chi connectivity index (χ4v) is 9.77. The highest BCUT2D eigenvalue weighted by Crippen LogP contribution is 2.75. The number of Topliss-reactive ketones (excluding diaryl/α,β-unsaturated/α-hetero) is 1. The van der Waals surface area contributed by atoms with Crippen LogP contribution in [0, 0.1) is 34.0 Å². The van der Waals surface area contributed by atoms with Crippen LogP contribution in [0.4, 0.5) is 0 Å². The van der Waals surface area contributed by atoms with Crippen LogP contribution in [-0.2, 0) is 27.2 Å². The SMILES string of the molecule is C=C1C(=O)[C@]23[C@H](O)[C@H]1C[C@H](O)[C@H]2[C@]12CCCC(C)(C)[C@H]1C[C@H]3O[C@@H]2OCCc1cn(Cc2ccc(Cl)cc2)nn1. The van der Waals surface area contributed by atoms with Crippen LogP contribution in [0.2, 0.25) is 5.02 Å². The second-order valence-electron chi connectivity index (χ2n) is 13.5. The molecule has 2 aliphatic heterocycles. The number of ether oxygens (including phenoxy) is 2. The Hall–Kier alpha value is -2.10. The molecule has 4 saturated carbocycles. The van der Waals surface area contributed by atoms with Gasteiger partial charge in [-0.05, 0) is 60.3 Å². The van der Waals surface area contributed by atoms with Gasteiger partial charge in [0.2, 0.25) is 0 Å². The van der Waals surface area contributed by atoms with Crippen molar-refractivity contribution in [2.24, 2.45) is 34.0 Å². The number of carbonyl (C=O) groups is 1. The number of carbonyl (C=O) groups excluding carboxylic acids is 1. The van der Waals surface area contributed by atoms with E-state index < -0.39 is 47.3 Å². The van der Waals surface area contributed by atoms with Crippen molar-refractivity contribution in [2.45, 2.75) is 83.5 Å². The molecule has 3 heterocycles. The summed E-state index contributed by atoms with van der Waals surface area (Å²) in [7, 11) is 0. The molecule has 0 unspecified atom stereocenters. The quantitative estimate of drug-likeness (QED) is 0.509. The van der Waals surface area contributed by atoms with E-state index in [1.54, 1.807) is 4.68 Å². The summed E-state index contributed by atoms with van der Waals surface area (Å²) < 4.78 is 15.1. The lowest BCUT2D eigenvalue weighted by Gasteiger charge is -2.72. The molecule has 9 atom stereocenters. The van der Waals surface area contributed by atoms with E-state index in [-0.39, 0.29) is 17.1 Å². The van der Waals surface area contributed by atoms with Crippen LogP contribution < -0.4 is 0 Å². The summed E-state index contributed by atoms with van der Waals surface area (Å²) in [6.45, 7) is 9.65. The van der Waals surface area contributed by atoms with Crippen LogP contribution in [0.15, 0.2) is 42.6 Å².